The molecule has 6 heteroatoms. The first-order valence-corrected chi connectivity index (χ1v) is 6.58. The lowest BCUT2D eigenvalue weighted by atomic mass is 10.3. The van der Waals surface area contributed by atoms with Crippen molar-refractivity contribution in [3.63, 3.8) is 0 Å². The van der Waals surface area contributed by atoms with Gasteiger partial charge in [0.2, 0.25) is 0 Å². The third-order valence-corrected chi connectivity index (χ3v) is 3.03. The average molecular weight is 264 g/mol. The van der Waals surface area contributed by atoms with Crippen molar-refractivity contribution in [2.24, 2.45) is 7.05 Å². The van der Waals surface area contributed by atoms with E-state index in [1.165, 1.54) is 18.0 Å². The number of nitrogens with one attached hydrogen (secondary N) is 1. The molecule has 0 aliphatic heterocycles. The molecule has 1 aromatic heterocycles. The Kier molecular flexibility index (Phi) is 3.88. The monoisotopic (exact) mass is 264 g/mol. The van der Waals surface area contributed by atoms with Crippen LogP contribution in [0.3, 0.4) is 0 Å². The van der Waals surface area contributed by atoms with Gasteiger partial charge in [0, 0.05) is 5.48 Å². The van der Waals surface area contributed by atoms with Crippen LogP contribution in [0.15, 0.2) is 47.6 Å². The highest BCUT2D eigenvalue weighted by Gasteiger charge is 2.20. The fraction of sp³-hybridized carbons (Fsp3) is 0.167. The fourth-order valence-electron chi connectivity index (χ4n) is 1.43. The first-order chi connectivity index (χ1) is 8.70. The third-order valence-electron chi connectivity index (χ3n) is 2.35. The highest BCUT2D eigenvalue weighted by atomic mass is 32.2. The summed E-state index contributed by atoms with van der Waals surface area (Å²) in [5.74, 6) is 0.961. The van der Waals surface area contributed by atoms with Gasteiger partial charge in [-0.3, -0.25) is 4.84 Å². The Hall–Kier alpha value is -1.95. The molecule has 0 spiro atoms. The number of hydrogen-bond donors (Lipinski definition) is 1. The van der Waals surface area contributed by atoms with E-state index >= 15 is 0 Å². The lowest BCUT2D eigenvalue weighted by Crippen LogP contribution is -2.47. The molecular formula is C12H14N3O2S+. The molecule has 2 aromatic rings. The largest absolute Gasteiger partial charge is 0.675 e. The van der Waals surface area contributed by atoms with Gasteiger partial charge in [0.1, 0.15) is 24.3 Å². The molecule has 1 aromatic carbocycles. The molecule has 0 aliphatic carbocycles. The van der Waals surface area contributed by atoms with E-state index in [1.54, 1.807) is 23.7 Å². The van der Waals surface area contributed by atoms with Gasteiger partial charge in [0.05, 0.1) is 0 Å². The summed E-state index contributed by atoms with van der Waals surface area (Å²) in [4.78, 5) is 6.22. The molecule has 0 saturated carbocycles. The number of hydrogen-bond acceptors (Lipinski definition) is 4. The van der Waals surface area contributed by atoms with E-state index in [9.17, 15) is 5.21 Å². The minimum atomic E-state index is 0.316. The van der Waals surface area contributed by atoms with Crippen LogP contribution in [0.2, 0.25) is 0 Å². The molecule has 5 nitrogen and oxygen atoms in total. The molecule has 1 heterocycles. The molecule has 0 atom stereocenters. The Morgan fingerprint density at radius 1 is 1.22 bits per heavy atom. The van der Waals surface area contributed by atoms with Crippen LogP contribution in [0.4, 0.5) is 5.95 Å². The summed E-state index contributed by atoms with van der Waals surface area (Å²) in [6.07, 6.45) is 5.28. The molecule has 94 valence electrons. The van der Waals surface area contributed by atoms with Gasteiger partial charge in [0.25, 0.3) is 0 Å². The molecule has 0 unspecified atom stereocenters. The van der Waals surface area contributed by atoms with Crippen LogP contribution < -0.4 is 19.6 Å². The van der Waals surface area contributed by atoms with E-state index in [0.29, 0.717) is 11.7 Å². The van der Waals surface area contributed by atoms with E-state index in [4.69, 9.17) is 4.84 Å². The number of thioether (sulfide) groups is 1. The maximum atomic E-state index is 11.8. The van der Waals surface area contributed by atoms with Gasteiger partial charge in [-0.2, -0.15) is 4.57 Å². The number of para-hydroxylation sites is 1. The zero-order chi connectivity index (χ0) is 13.0. The summed E-state index contributed by atoms with van der Waals surface area (Å²) in [7, 11) is 1.78. The molecule has 0 aliphatic rings. The van der Waals surface area contributed by atoms with Crippen LogP contribution >= 0.6 is 11.8 Å². The summed E-state index contributed by atoms with van der Waals surface area (Å²) in [5, 5.41) is 11.8. The van der Waals surface area contributed by atoms with Crippen molar-refractivity contribution < 1.29 is 14.1 Å². The number of benzene rings is 1. The first-order valence-electron chi connectivity index (χ1n) is 5.35. The smallest absolute Gasteiger partial charge is 0.573 e. The zero-order valence-corrected chi connectivity index (χ0v) is 11.0. The number of anilines is 1. The molecule has 0 radical (unpaired) electrons. The van der Waals surface area contributed by atoms with Gasteiger partial charge in [-0.1, -0.05) is 18.2 Å². The van der Waals surface area contributed by atoms with Crippen molar-refractivity contribution >= 4 is 17.7 Å². The number of aromatic nitrogens is 2. The molecule has 0 bridgehead atoms. The van der Waals surface area contributed by atoms with Crippen LogP contribution in [-0.4, -0.2) is 6.26 Å². The van der Waals surface area contributed by atoms with E-state index in [1.807, 2.05) is 30.7 Å². The van der Waals surface area contributed by atoms with E-state index in [2.05, 4.69) is 5.48 Å². The fourth-order valence-corrected chi connectivity index (χ4v) is 1.90. The van der Waals surface area contributed by atoms with Crippen molar-refractivity contribution in [3.8, 4) is 5.75 Å². The highest BCUT2D eigenvalue weighted by Crippen LogP contribution is 2.11. The third kappa shape index (κ3) is 2.84. The Morgan fingerprint density at radius 3 is 2.56 bits per heavy atom. The predicted molar refractivity (Wildman–Crippen MR) is 69.1 cm³/mol. The lowest BCUT2D eigenvalue weighted by molar-refractivity contribution is -0.758. The summed E-state index contributed by atoms with van der Waals surface area (Å²) < 4.78 is 2.43. The topological polar surface area (TPSA) is 52.1 Å². The van der Waals surface area contributed by atoms with E-state index < -0.39 is 0 Å². The first kappa shape index (κ1) is 12.5. The maximum Gasteiger partial charge on any atom is 0.573 e. The van der Waals surface area contributed by atoms with E-state index in [0.717, 1.165) is 9.63 Å². The van der Waals surface area contributed by atoms with Gasteiger partial charge >= 0.3 is 5.95 Å². The molecule has 1 N–H and O–H groups in total. The van der Waals surface area contributed by atoms with Gasteiger partial charge in [0.15, 0.2) is 5.75 Å². The molecule has 0 amide bonds. The van der Waals surface area contributed by atoms with Crippen LogP contribution in [0.5, 0.6) is 5.75 Å². The second kappa shape index (κ2) is 5.59. The van der Waals surface area contributed by atoms with Crippen LogP contribution in [0.25, 0.3) is 0 Å². The standard InChI is InChI=1S/C12H13N3O2S/c1-14-8-11(18-2)9-15(16)12(14)13-17-10-6-4-3-5-7-10/h3-9H,1-2H3/p+1. The predicted octanol–water partition coefficient (Wildman–Crippen LogP) is 1.27. The summed E-state index contributed by atoms with van der Waals surface area (Å²) in [6.45, 7) is 0. The van der Waals surface area contributed by atoms with E-state index in [-0.39, 0.29) is 0 Å². The molecule has 2 rings (SSSR count). The number of aryl methyl sites for hydroxylation is 1. The van der Waals surface area contributed by atoms with Crippen molar-refractivity contribution in [1.82, 2.24) is 0 Å². The van der Waals surface area contributed by atoms with Crippen LogP contribution in [-0.2, 0) is 7.05 Å². The lowest BCUT2D eigenvalue weighted by Gasteiger charge is -2.05. The Labute approximate surface area is 110 Å². The van der Waals surface area contributed by atoms with Crippen LogP contribution in [0, 0.1) is 5.21 Å². The van der Waals surface area contributed by atoms with Gasteiger partial charge in [-0.05, 0) is 18.4 Å². The SMILES string of the molecule is CSc1c[n+](C)c(NOc2ccccc2)[n+]([O-])c1. The quantitative estimate of drug-likeness (QED) is 0.391. The summed E-state index contributed by atoms with van der Waals surface area (Å²) in [5.41, 5.74) is 2.65. The van der Waals surface area contributed by atoms with Crippen molar-refractivity contribution in [2.75, 3.05) is 11.7 Å². The maximum absolute atomic E-state index is 11.8. The van der Waals surface area contributed by atoms with Crippen LogP contribution in [0.1, 0.15) is 0 Å². The molecular weight excluding hydrogens is 250 g/mol. The number of nitrogens with zero attached hydrogens (tertiary/aromatic N) is 2. The van der Waals surface area contributed by atoms with Crippen molar-refractivity contribution in [2.45, 2.75) is 4.90 Å². The molecule has 0 saturated heterocycles. The minimum absolute atomic E-state index is 0.316. The van der Waals surface area contributed by atoms with Gasteiger partial charge < -0.3 is 5.21 Å². The number of rotatable bonds is 4. The van der Waals surface area contributed by atoms with Gasteiger partial charge in [-0.25, -0.2) is 0 Å². The molecule has 0 fully saturated rings. The zero-order valence-electron chi connectivity index (χ0n) is 10.2. The summed E-state index contributed by atoms with van der Waals surface area (Å²) >= 11 is 1.51. The minimum Gasteiger partial charge on any atom is -0.675 e. The average Bonchev–Trinajstić information content (AvgIpc) is 2.38. The second-order valence-corrected chi connectivity index (χ2v) is 4.52. The summed E-state index contributed by atoms with van der Waals surface area (Å²) in [6, 6.07) is 9.23. The Bertz CT molecular complexity index is 511. The van der Waals surface area contributed by atoms with Crippen molar-refractivity contribution in [1.29, 1.82) is 0 Å². The Morgan fingerprint density at radius 2 is 1.94 bits per heavy atom. The van der Waals surface area contributed by atoms with Crippen molar-refractivity contribution in [3.05, 3.63) is 47.9 Å². The Balaban J connectivity index is 2.15. The second-order valence-electron chi connectivity index (χ2n) is 3.64. The molecule has 18 heavy (non-hydrogen) atoms. The highest BCUT2D eigenvalue weighted by molar-refractivity contribution is 7.98. The normalized spacial score (nSPS) is 10.1. The van der Waals surface area contributed by atoms with Gasteiger partial charge in [-0.15, -0.1) is 16.5 Å².